The molecule has 1 aliphatic rings. The normalized spacial score (nSPS) is 17.5. The van der Waals surface area contributed by atoms with Crippen molar-refractivity contribution in [3.05, 3.63) is 0 Å². The second-order valence-electron chi connectivity index (χ2n) is 8.39. The molecule has 1 rings (SSSR count). The zero-order chi connectivity index (χ0) is 18.5. The average molecular weight is 483 g/mol. The minimum Gasteiger partial charge on any atom is -0.381 e. The van der Waals surface area contributed by atoms with Crippen molar-refractivity contribution >= 4 is 29.9 Å². The molecule has 1 aliphatic heterocycles. The Morgan fingerprint density at radius 2 is 1.96 bits per heavy atom. The predicted molar refractivity (Wildman–Crippen MR) is 122 cm³/mol. The number of aliphatic imine (C=N–C) groups is 1. The van der Waals surface area contributed by atoms with Crippen LogP contribution in [0.1, 0.15) is 66.7 Å². The van der Waals surface area contributed by atoms with Gasteiger partial charge in [0, 0.05) is 45.6 Å². The fourth-order valence-electron chi connectivity index (χ4n) is 2.80. The van der Waals surface area contributed by atoms with Crippen LogP contribution in [0.2, 0.25) is 0 Å². The van der Waals surface area contributed by atoms with Gasteiger partial charge in [0.1, 0.15) is 0 Å². The molecular weight excluding hydrogens is 441 g/mol. The highest BCUT2D eigenvalue weighted by molar-refractivity contribution is 14.0. The van der Waals surface area contributed by atoms with Crippen LogP contribution in [0.3, 0.4) is 0 Å². The van der Waals surface area contributed by atoms with E-state index in [9.17, 15) is 0 Å². The molecule has 156 valence electrons. The Bertz CT molecular complexity index is 367. The van der Waals surface area contributed by atoms with Gasteiger partial charge in [-0.1, -0.05) is 20.8 Å². The Hall–Kier alpha value is -0.0800. The highest BCUT2D eigenvalue weighted by atomic mass is 127. The van der Waals surface area contributed by atoms with E-state index in [0.29, 0.717) is 17.4 Å². The Morgan fingerprint density at radius 1 is 1.27 bits per heavy atom. The van der Waals surface area contributed by atoms with Gasteiger partial charge in [-0.3, -0.25) is 4.99 Å². The van der Waals surface area contributed by atoms with Crippen LogP contribution in [0, 0.1) is 11.3 Å². The topological polar surface area (TPSA) is 54.9 Å². The van der Waals surface area contributed by atoms with Crippen molar-refractivity contribution in [1.82, 2.24) is 10.6 Å². The fraction of sp³-hybridized carbons (Fsp3) is 0.950. The summed E-state index contributed by atoms with van der Waals surface area (Å²) in [5.41, 5.74) is 0.382. The third-order valence-corrected chi connectivity index (χ3v) is 4.47. The maximum Gasteiger partial charge on any atom is 0.191 e. The molecule has 6 heteroatoms. The fourth-order valence-corrected chi connectivity index (χ4v) is 2.80. The SMILES string of the molecule is CCNC(=NCCCOCC1CCOCC1)NC(C)CCC(C)(C)C.I. The van der Waals surface area contributed by atoms with Crippen molar-refractivity contribution in [3.63, 3.8) is 0 Å². The van der Waals surface area contributed by atoms with Crippen LogP contribution >= 0.6 is 24.0 Å². The van der Waals surface area contributed by atoms with E-state index in [1.807, 2.05) is 0 Å². The maximum absolute atomic E-state index is 5.81. The van der Waals surface area contributed by atoms with Crippen LogP contribution in [-0.4, -0.2) is 51.5 Å². The number of nitrogens with one attached hydrogen (secondary N) is 2. The Morgan fingerprint density at radius 3 is 2.58 bits per heavy atom. The largest absolute Gasteiger partial charge is 0.381 e. The highest BCUT2D eigenvalue weighted by Crippen LogP contribution is 2.21. The minimum absolute atomic E-state index is 0. The lowest BCUT2D eigenvalue weighted by Gasteiger charge is -2.23. The van der Waals surface area contributed by atoms with E-state index < -0.39 is 0 Å². The molecule has 0 spiro atoms. The number of hydrogen-bond acceptors (Lipinski definition) is 3. The summed E-state index contributed by atoms with van der Waals surface area (Å²) in [5, 5.41) is 6.85. The lowest BCUT2D eigenvalue weighted by molar-refractivity contribution is 0.0205. The molecule has 0 aromatic heterocycles. The molecule has 0 aliphatic carbocycles. The molecule has 0 aromatic rings. The van der Waals surface area contributed by atoms with Crippen LogP contribution < -0.4 is 10.6 Å². The van der Waals surface area contributed by atoms with Crippen molar-refractivity contribution in [1.29, 1.82) is 0 Å². The Kier molecular flexibility index (Phi) is 14.9. The molecule has 0 radical (unpaired) electrons. The van der Waals surface area contributed by atoms with Crippen molar-refractivity contribution < 1.29 is 9.47 Å². The molecule has 1 saturated heterocycles. The summed E-state index contributed by atoms with van der Waals surface area (Å²) in [6.45, 7) is 16.3. The standard InChI is InChI=1S/C20H41N3O2.HI/c1-6-21-19(23-17(2)8-11-20(3,4)5)22-12-7-13-25-16-18-9-14-24-15-10-18;/h17-18H,6-16H2,1-5H3,(H2,21,22,23);1H. The van der Waals surface area contributed by atoms with Crippen LogP contribution in [0.15, 0.2) is 4.99 Å². The van der Waals surface area contributed by atoms with Crippen molar-refractivity contribution in [3.8, 4) is 0 Å². The third-order valence-electron chi connectivity index (χ3n) is 4.47. The van der Waals surface area contributed by atoms with Crippen molar-refractivity contribution in [2.45, 2.75) is 72.8 Å². The van der Waals surface area contributed by atoms with Gasteiger partial charge in [-0.2, -0.15) is 0 Å². The van der Waals surface area contributed by atoms with E-state index in [1.165, 1.54) is 6.42 Å². The van der Waals surface area contributed by atoms with Crippen LogP contribution in [-0.2, 0) is 9.47 Å². The van der Waals surface area contributed by atoms with Gasteiger partial charge in [-0.05, 0) is 57.3 Å². The molecule has 2 N–H and O–H groups in total. The monoisotopic (exact) mass is 483 g/mol. The first-order valence-electron chi connectivity index (χ1n) is 10.1. The smallest absolute Gasteiger partial charge is 0.191 e. The number of nitrogens with zero attached hydrogens (tertiary/aromatic N) is 1. The zero-order valence-corrected chi connectivity index (χ0v) is 19.9. The zero-order valence-electron chi connectivity index (χ0n) is 17.6. The van der Waals surface area contributed by atoms with Gasteiger partial charge >= 0.3 is 0 Å². The predicted octanol–water partition coefficient (Wildman–Crippen LogP) is 4.21. The van der Waals surface area contributed by atoms with Crippen LogP contribution in [0.4, 0.5) is 0 Å². The molecular formula is C20H42IN3O2. The Labute approximate surface area is 178 Å². The summed E-state index contributed by atoms with van der Waals surface area (Å²) in [7, 11) is 0. The number of hydrogen-bond donors (Lipinski definition) is 2. The highest BCUT2D eigenvalue weighted by Gasteiger charge is 2.14. The summed E-state index contributed by atoms with van der Waals surface area (Å²) in [6.07, 6.45) is 5.61. The lowest BCUT2D eigenvalue weighted by Crippen LogP contribution is -2.42. The summed E-state index contributed by atoms with van der Waals surface area (Å²) in [6, 6.07) is 0.432. The van der Waals surface area contributed by atoms with Crippen molar-refractivity contribution in [2.75, 3.05) is 39.5 Å². The summed E-state index contributed by atoms with van der Waals surface area (Å²) < 4.78 is 11.2. The molecule has 0 aromatic carbocycles. The maximum atomic E-state index is 5.81. The van der Waals surface area contributed by atoms with Gasteiger partial charge < -0.3 is 20.1 Å². The molecule has 0 bridgehead atoms. The first kappa shape index (κ1) is 25.9. The van der Waals surface area contributed by atoms with E-state index in [4.69, 9.17) is 9.47 Å². The van der Waals surface area contributed by atoms with E-state index in [0.717, 1.165) is 71.2 Å². The van der Waals surface area contributed by atoms with Gasteiger partial charge in [-0.15, -0.1) is 24.0 Å². The van der Waals surface area contributed by atoms with Crippen LogP contribution in [0.5, 0.6) is 0 Å². The summed E-state index contributed by atoms with van der Waals surface area (Å²) in [4.78, 5) is 4.68. The van der Waals surface area contributed by atoms with E-state index in [1.54, 1.807) is 0 Å². The van der Waals surface area contributed by atoms with E-state index >= 15 is 0 Å². The lowest BCUT2D eigenvalue weighted by atomic mass is 9.89. The third kappa shape index (κ3) is 14.0. The van der Waals surface area contributed by atoms with Gasteiger partial charge in [0.25, 0.3) is 0 Å². The number of halogens is 1. The van der Waals surface area contributed by atoms with Crippen LogP contribution in [0.25, 0.3) is 0 Å². The van der Waals surface area contributed by atoms with E-state index in [2.05, 4.69) is 50.2 Å². The number of ether oxygens (including phenoxy) is 2. The first-order valence-corrected chi connectivity index (χ1v) is 10.1. The minimum atomic E-state index is 0. The molecule has 26 heavy (non-hydrogen) atoms. The summed E-state index contributed by atoms with van der Waals surface area (Å²) >= 11 is 0. The van der Waals surface area contributed by atoms with Gasteiger partial charge in [0.2, 0.25) is 0 Å². The molecule has 1 unspecified atom stereocenters. The molecule has 0 amide bonds. The first-order chi connectivity index (χ1) is 11.9. The second-order valence-corrected chi connectivity index (χ2v) is 8.39. The second kappa shape index (κ2) is 14.9. The average Bonchev–Trinajstić information content (AvgIpc) is 2.56. The van der Waals surface area contributed by atoms with Gasteiger partial charge in [0.05, 0.1) is 0 Å². The molecule has 1 atom stereocenters. The molecule has 5 nitrogen and oxygen atoms in total. The molecule has 0 saturated carbocycles. The number of rotatable bonds is 10. The number of guanidine groups is 1. The quantitative estimate of drug-likeness (QED) is 0.212. The Balaban J connectivity index is 0.00000625. The summed E-state index contributed by atoms with van der Waals surface area (Å²) in [5.74, 6) is 1.60. The van der Waals surface area contributed by atoms with Gasteiger partial charge in [-0.25, -0.2) is 0 Å². The van der Waals surface area contributed by atoms with Gasteiger partial charge in [0.15, 0.2) is 5.96 Å². The molecule has 1 fully saturated rings. The van der Waals surface area contributed by atoms with Crippen molar-refractivity contribution in [2.24, 2.45) is 16.3 Å². The van der Waals surface area contributed by atoms with E-state index in [-0.39, 0.29) is 24.0 Å². The molecule has 1 heterocycles.